The maximum atomic E-state index is 14.7. The lowest BCUT2D eigenvalue weighted by Gasteiger charge is -2.47. The molecule has 2 aromatic carbocycles. The first-order valence-electron chi connectivity index (χ1n) is 13.3. The van der Waals surface area contributed by atoms with E-state index in [1.54, 1.807) is 24.3 Å². The average Bonchev–Trinajstić information content (AvgIpc) is 3.66. The van der Waals surface area contributed by atoms with Crippen molar-refractivity contribution in [3.8, 4) is 5.75 Å². The standard InChI is InChI=1S/C30H34F2N2O4/c1-29(2,3)21-11-13-30(14-12-21)33-24(20-15-22(31)26(38-4)23(32)16-20)27(35)34(30)25(17-5-6-17)18-7-9-19(10-8-18)28(36)37/h7-10,15-17,21,25H,5-6,11-14H2,1-4H3,(H,36,37)/t21?,25-,30?/m1/s1. The van der Waals surface area contributed by atoms with Crippen molar-refractivity contribution < 1.29 is 28.2 Å². The highest BCUT2D eigenvalue weighted by Crippen LogP contribution is 2.54. The van der Waals surface area contributed by atoms with Crippen LogP contribution in [0.15, 0.2) is 41.4 Å². The van der Waals surface area contributed by atoms with Crippen LogP contribution in [0, 0.1) is 28.9 Å². The van der Waals surface area contributed by atoms with Gasteiger partial charge in [-0.15, -0.1) is 0 Å². The van der Waals surface area contributed by atoms with E-state index in [1.807, 2.05) is 4.90 Å². The van der Waals surface area contributed by atoms with Crippen LogP contribution in [0.5, 0.6) is 5.75 Å². The van der Waals surface area contributed by atoms with Gasteiger partial charge in [-0.25, -0.2) is 13.6 Å². The molecule has 38 heavy (non-hydrogen) atoms. The molecule has 1 heterocycles. The first-order chi connectivity index (χ1) is 17.9. The van der Waals surface area contributed by atoms with Gasteiger partial charge in [0.15, 0.2) is 17.4 Å². The van der Waals surface area contributed by atoms with Gasteiger partial charge in [-0.1, -0.05) is 32.9 Å². The molecule has 5 rings (SSSR count). The Morgan fingerprint density at radius 1 is 1.08 bits per heavy atom. The van der Waals surface area contributed by atoms with Crippen LogP contribution in [0.25, 0.3) is 0 Å². The number of methoxy groups -OCH3 is 1. The fraction of sp³-hybridized carbons (Fsp3) is 0.500. The molecule has 0 aromatic heterocycles. The second-order valence-corrected chi connectivity index (χ2v) is 11.9. The SMILES string of the molecule is COc1c(F)cc(C2=NC3(CCC(C(C)(C)C)CC3)N([C@@H](c3ccc(C(=O)O)cc3)C3CC3)C2=O)cc1F. The summed E-state index contributed by atoms with van der Waals surface area (Å²) in [6.07, 6.45) is 4.95. The Hall–Kier alpha value is -3.29. The fourth-order valence-corrected chi connectivity index (χ4v) is 6.24. The van der Waals surface area contributed by atoms with Gasteiger partial charge in [-0.05, 0) is 85.6 Å². The summed E-state index contributed by atoms with van der Waals surface area (Å²) in [6, 6.07) is 8.61. The molecule has 0 bridgehead atoms. The number of hydrogen-bond acceptors (Lipinski definition) is 4. The molecular formula is C30H34F2N2O4. The third-order valence-corrected chi connectivity index (χ3v) is 8.52. The summed E-state index contributed by atoms with van der Waals surface area (Å²) in [5.41, 5.74) is 0.491. The van der Waals surface area contributed by atoms with Crippen molar-refractivity contribution in [2.75, 3.05) is 7.11 Å². The molecule has 0 radical (unpaired) electrons. The minimum Gasteiger partial charge on any atom is -0.491 e. The number of amides is 1. The number of benzene rings is 2. The van der Waals surface area contributed by atoms with Crippen molar-refractivity contribution in [1.29, 1.82) is 0 Å². The van der Waals surface area contributed by atoms with Crippen molar-refractivity contribution in [3.63, 3.8) is 0 Å². The molecule has 8 heteroatoms. The minimum atomic E-state index is -1.01. The molecule has 2 aromatic rings. The van der Waals surface area contributed by atoms with Gasteiger partial charge in [0.25, 0.3) is 5.91 Å². The normalized spacial score (nSPS) is 24.5. The van der Waals surface area contributed by atoms with Gasteiger partial charge in [0.1, 0.15) is 11.4 Å². The Kier molecular flexibility index (Phi) is 6.56. The highest BCUT2D eigenvalue weighted by molar-refractivity contribution is 6.46. The number of nitrogens with zero attached hydrogens (tertiary/aromatic N) is 2. The number of ether oxygens (including phenoxy) is 1. The molecular weight excluding hydrogens is 490 g/mol. The average molecular weight is 525 g/mol. The van der Waals surface area contributed by atoms with Gasteiger partial charge in [-0.2, -0.15) is 0 Å². The Morgan fingerprint density at radius 2 is 1.66 bits per heavy atom. The zero-order valence-corrected chi connectivity index (χ0v) is 22.3. The number of rotatable bonds is 6. The van der Waals surface area contributed by atoms with Crippen molar-refractivity contribution in [1.82, 2.24) is 4.90 Å². The Morgan fingerprint density at radius 3 is 2.13 bits per heavy atom. The van der Waals surface area contributed by atoms with Gasteiger partial charge in [0.2, 0.25) is 0 Å². The maximum absolute atomic E-state index is 14.7. The van der Waals surface area contributed by atoms with Crippen LogP contribution in [0.4, 0.5) is 8.78 Å². The lowest BCUT2D eigenvalue weighted by atomic mass is 9.69. The second-order valence-electron chi connectivity index (χ2n) is 11.9. The van der Waals surface area contributed by atoms with Crippen LogP contribution >= 0.6 is 0 Å². The number of carboxylic acid groups (broad SMARTS) is 1. The Balaban J connectivity index is 1.59. The van der Waals surface area contributed by atoms with E-state index in [4.69, 9.17) is 9.73 Å². The summed E-state index contributed by atoms with van der Waals surface area (Å²) in [6.45, 7) is 6.67. The highest BCUT2D eigenvalue weighted by Gasteiger charge is 2.55. The number of carbonyl (C=O) groups excluding carboxylic acids is 1. The Bertz CT molecular complexity index is 1260. The molecule has 1 N–H and O–H groups in total. The molecule has 3 aliphatic rings. The summed E-state index contributed by atoms with van der Waals surface area (Å²) < 4.78 is 34.2. The lowest BCUT2D eigenvalue weighted by Crippen LogP contribution is -2.52. The molecule has 202 valence electrons. The first-order valence-corrected chi connectivity index (χ1v) is 13.3. The smallest absolute Gasteiger partial charge is 0.335 e. The predicted octanol–water partition coefficient (Wildman–Crippen LogP) is 6.39. The molecule has 1 aliphatic heterocycles. The Labute approximate surface area is 221 Å². The summed E-state index contributed by atoms with van der Waals surface area (Å²) in [5.74, 6) is -2.94. The van der Waals surface area contributed by atoms with Crippen LogP contribution in [0.2, 0.25) is 0 Å². The molecule has 1 spiro atoms. The molecule has 6 nitrogen and oxygen atoms in total. The monoisotopic (exact) mass is 524 g/mol. The molecule has 0 unspecified atom stereocenters. The second kappa shape index (κ2) is 9.47. The number of carbonyl (C=O) groups is 2. The topological polar surface area (TPSA) is 79.2 Å². The lowest BCUT2D eigenvalue weighted by molar-refractivity contribution is -0.134. The first kappa shape index (κ1) is 26.3. The zero-order chi connectivity index (χ0) is 27.4. The molecule has 2 saturated carbocycles. The largest absolute Gasteiger partial charge is 0.491 e. The predicted molar refractivity (Wildman–Crippen MR) is 139 cm³/mol. The van der Waals surface area contributed by atoms with Crippen molar-refractivity contribution in [2.24, 2.45) is 22.2 Å². The summed E-state index contributed by atoms with van der Waals surface area (Å²) in [7, 11) is 1.19. The van der Waals surface area contributed by atoms with Gasteiger partial charge in [0.05, 0.1) is 18.7 Å². The van der Waals surface area contributed by atoms with Crippen molar-refractivity contribution in [2.45, 2.75) is 71.0 Å². The molecule has 2 aliphatic carbocycles. The minimum absolute atomic E-state index is 0.0625. The van der Waals surface area contributed by atoms with Gasteiger partial charge in [-0.3, -0.25) is 9.79 Å². The maximum Gasteiger partial charge on any atom is 0.335 e. The van der Waals surface area contributed by atoms with E-state index in [2.05, 4.69) is 20.8 Å². The van der Waals surface area contributed by atoms with Crippen LogP contribution in [0.1, 0.15) is 86.8 Å². The van der Waals surface area contributed by atoms with Crippen molar-refractivity contribution in [3.05, 3.63) is 64.7 Å². The van der Waals surface area contributed by atoms with E-state index < -0.39 is 29.0 Å². The number of carboxylic acids is 1. The molecule has 0 saturated heterocycles. The fourth-order valence-electron chi connectivity index (χ4n) is 6.24. The van der Waals surface area contributed by atoms with E-state index in [9.17, 15) is 23.5 Å². The highest BCUT2D eigenvalue weighted by atomic mass is 19.1. The van der Waals surface area contributed by atoms with E-state index in [0.717, 1.165) is 43.4 Å². The van der Waals surface area contributed by atoms with Gasteiger partial charge < -0.3 is 14.7 Å². The number of halogens is 2. The van der Waals surface area contributed by atoms with Crippen LogP contribution < -0.4 is 4.74 Å². The van der Waals surface area contributed by atoms with E-state index in [0.29, 0.717) is 18.8 Å². The molecule has 1 atom stereocenters. The molecule has 1 amide bonds. The third kappa shape index (κ3) is 4.58. The van der Waals surface area contributed by atoms with Crippen LogP contribution in [-0.2, 0) is 4.79 Å². The third-order valence-electron chi connectivity index (χ3n) is 8.52. The number of aliphatic imine (C=N–C) groups is 1. The van der Waals surface area contributed by atoms with Crippen molar-refractivity contribution >= 4 is 17.6 Å². The van der Waals surface area contributed by atoms with E-state index in [-0.39, 0.29) is 40.1 Å². The zero-order valence-electron chi connectivity index (χ0n) is 22.3. The van der Waals surface area contributed by atoms with E-state index >= 15 is 0 Å². The summed E-state index contributed by atoms with van der Waals surface area (Å²) in [5, 5.41) is 9.37. The van der Waals surface area contributed by atoms with Gasteiger partial charge in [0, 0.05) is 5.56 Å². The summed E-state index contributed by atoms with van der Waals surface area (Å²) in [4.78, 5) is 32.5. The number of hydrogen-bond donors (Lipinski definition) is 1. The number of aromatic carboxylic acids is 1. The quantitative estimate of drug-likeness (QED) is 0.475. The van der Waals surface area contributed by atoms with Crippen LogP contribution in [-0.4, -0.2) is 40.4 Å². The summed E-state index contributed by atoms with van der Waals surface area (Å²) >= 11 is 0. The van der Waals surface area contributed by atoms with Gasteiger partial charge >= 0.3 is 5.97 Å². The van der Waals surface area contributed by atoms with Crippen LogP contribution in [0.3, 0.4) is 0 Å². The van der Waals surface area contributed by atoms with E-state index in [1.165, 1.54) is 7.11 Å². The molecule has 2 fully saturated rings.